The summed E-state index contributed by atoms with van der Waals surface area (Å²) in [4.78, 5) is 8.80. The Bertz CT molecular complexity index is 739. The van der Waals surface area contributed by atoms with Gasteiger partial charge in [-0.25, -0.2) is 10.0 Å². The number of hydrazine groups is 1. The molecule has 6 nitrogen and oxygen atoms in total. The monoisotopic (exact) mass is 324 g/mol. The topological polar surface area (TPSA) is 71.5 Å². The highest BCUT2D eigenvalue weighted by Gasteiger charge is 2.13. The lowest BCUT2D eigenvalue weighted by Crippen LogP contribution is -2.40. The zero-order valence-corrected chi connectivity index (χ0v) is 14.1. The highest BCUT2D eigenvalue weighted by atomic mass is 15.5. The molecule has 24 heavy (non-hydrogen) atoms. The first-order valence-corrected chi connectivity index (χ1v) is 8.26. The van der Waals surface area contributed by atoms with Gasteiger partial charge >= 0.3 is 0 Å². The van der Waals surface area contributed by atoms with Gasteiger partial charge in [-0.1, -0.05) is 13.0 Å². The molecule has 0 aliphatic carbocycles. The van der Waals surface area contributed by atoms with E-state index in [0.29, 0.717) is 5.84 Å². The fraction of sp³-hybridized carbons (Fsp3) is 0.333. The van der Waals surface area contributed by atoms with Crippen molar-refractivity contribution in [2.24, 2.45) is 17.8 Å². The highest BCUT2D eigenvalue weighted by Crippen LogP contribution is 2.24. The average molecular weight is 324 g/mol. The van der Waals surface area contributed by atoms with E-state index in [2.05, 4.69) is 27.0 Å². The maximum Gasteiger partial charge on any atom is 0.148 e. The Balaban J connectivity index is 1.82. The number of amidine groups is 1. The molecule has 0 radical (unpaired) electrons. The molecule has 0 aromatic carbocycles. The molecule has 0 atom stereocenters. The third kappa shape index (κ3) is 3.65. The van der Waals surface area contributed by atoms with Gasteiger partial charge in [-0.05, 0) is 31.0 Å². The van der Waals surface area contributed by atoms with E-state index in [1.54, 1.807) is 12.4 Å². The Hall–Kier alpha value is -2.60. The third-order valence-corrected chi connectivity index (χ3v) is 4.22. The summed E-state index contributed by atoms with van der Waals surface area (Å²) < 4.78 is 1.94. The number of rotatable bonds is 5. The van der Waals surface area contributed by atoms with E-state index >= 15 is 0 Å². The van der Waals surface area contributed by atoms with Gasteiger partial charge in [-0.15, -0.1) is 0 Å². The second-order valence-corrected chi connectivity index (χ2v) is 6.03. The van der Waals surface area contributed by atoms with Crippen LogP contribution < -0.4 is 11.2 Å². The van der Waals surface area contributed by atoms with Crippen LogP contribution in [-0.4, -0.2) is 33.5 Å². The molecule has 3 heterocycles. The molecule has 0 spiro atoms. The number of hydrogen-bond acceptors (Lipinski definition) is 4. The van der Waals surface area contributed by atoms with E-state index in [9.17, 15) is 0 Å². The number of aryl methyl sites for hydroxylation is 1. The second-order valence-electron chi connectivity index (χ2n) is 6.03. The van der Waals surface area contributed by atoms with Gasteiger partial charge in [-0.3, -0.25) is 4.98 Å². The molecular formula is C18H24N6. The van der Waals surface area contributed by atoms with Crippen molar-refractivity contribution in [2.45, 2.75) is 19.3 Å². The number of nitrogens with one attached hydrogen (secondary N) is 1. The van der Waals surface area contributed by atoms with E-state index in [4.69, 9.17) is 5.73 Å². The lowest BCUT2D eigenvalue weighted by molar-refractivity contribution is 0.189. The van der Waals surface area contributed by atoms with Crippen LogP contribution in [0.5, 0.6) is 0 Å². The summed E-state index contributed by atoms with van der Waals surface area (Å²) in [5.41, 5.74) is 12.9. The minimum Gasteiger partial charge on any atom is -0.382 e. The van der Waals surface area contributed by atoms with Crippen molar-refractivity contribution in [3.63, 3.8) is 0 Å². The van der Waals surface area contributed by atoms with E-state index in [1.165, 1.54) is 19.3 Å². The molecule has 126 valence electrons. The summed E-state index contributed by atoms with van der Waals surface area (Å²) in [6, 6.07) is 5.75. The SMILES string of the molecule is C=C(NN1CCCCC1)c1cnccc1N=C(N)c1cccn1C. The zero-order valence-electron chi connectivity index (χ0n) is 14.1. The van der Waals surface area contributed by atoms with E-state index < -0.39 is 0 Å². The molecule has 0 unspecified atom stereocenters. The lowest BCUT2D eigenvalue weighted by Gasteiger charge is -2.29. The van der Waals surface area contributed by atoms with Crippen molar-refractivity contribution in [3.8, 4) is 0 Å². The fourth-order valence-electron chi connectivity index (χ4n) is 2.89. The van der Waals surface area contributed by atoms with Crippen LogP contribution in [0.3, 0.4) is 0 Å². The molecule has 2 aromatic rings. The second kappa shape index (κ2) is 7.31. The number of aliphatic imine (C=N–C) groups is 1. The predicted octanol–water partition coefficient (Wildman–Crippen LogP) is 2.42. The summed E-state index contributed by atoms with van der Waals surface area (Å²) in [5.74, 6) is 0.473. The largest absolute Gasteiger partial charge is 0.382 e. The Morgan fingerprint density at radius 1 is 1.29 bits per heavy atom. The molecule has 0 saturated carbocycles. The number of hydrogen-bond donors (Lipinski definition) is 2. The minimum absolute atomic E-state index is 0.473. The van der Waals surface area contributed by atoms with Crippen LogP contribution in [0.15, 0.2) is 48.4 Å². The molecule has 1 saturated heterocycles. The summed E-state index contributed by atoms with van der Waals surface area (Å²) in [6.07, 6.45) is 9.14. The molecule has 2 aromatic heterocycles. The molecular weight excluding hydrogens is 300 g/mol. The first-order chi connectivity index (χ1) is 11.6. The summed E-state index contributed by atoms with van der Waals surface area (Å²) >= 11 is 0. The Labute approximate surface area is 142 Å². The molecule has 6 heteroatoms. The van der Waals surface area contributed by atoms with Crippen LogP contribution >= 0.6 is 0 Å². The van der Waals surface area contributed by atoms with Crippen LogP contribution in [0, 0.1) is 0 Å². The van der Waals surface area contributed by atoms with Crippen molar-refractivity contribution >= 4 is 17.2 Å². The highest BCUT2D eigenvalue weighted by molar-refractivity contribution is 5.98. The number of nitrogens with two attached hydrogens (primary N) is 1. The molecule has 1 aliphatic rings. The molecule has 0 amide bonds. The molecule has 3 rings (SSSR count). The molecule has 1 fully saturated rings. The number of aromatic nitrogens is 2. The van der Waals surface area contributed by atoms with Crippen molar-refractivity contribution in [3.05, 3.63) is 54.6 Å². The van der Waals surface area contributed by atoms with Gasteiger partial charge in [-0.2, -0.15) is 0 Å². The van der Waals surface area contributed by atoms with Crippen LogP contribution in [0.25, 0.3) is 5.70 Å². The Morgan fingerprint density at radius 3 is 2.79 bits per heavy atom. The fourth-order valence-corrected chi connectivity index (χ4v) is 2.89. The van der Waals surface area contributed by atoms with Crippen molar-refractivity contribution < 1.29 is 0 Å². The number of piperidine rings is 1. The van der Waals surface area contributed by atoms with Crippen molar-refractivity contribution in [2.75, 3.05) is 13.1 Å². The van der Waals surface area contributed by atoms with Gasteiger partial charge < -0.3 is 15.7 Å². The van der Waals surface area contributed by atoms with Crippen molar-refractivity contribution in [1.82, 2.24) is 20.0 Å². The predicted molar refractivity (Wildman–Crippen MR) is 97.6 cm³/mol. The number of nitrogens with zero attached hydrogens (tertiary/aromatic N) is 4. The smallest absolute Gasteiger partial charge is 0.148 e. The van der Waals surface area contributed by atoms with Gasteiger partial charge in [0.2, 0.25) is 0 Å². The zero-order chi connectivity index (χ0) is 16.9. The molecule has 0 bridgehead atoms. The average Bonchev–Trinajstić information content (AvgIpc) is 3.02. The third-order valence-electron chi connectivity index (χ3n) is 4.22. The standard InChI is InChI=1S/C18H24N6/c1-14(22-24-11-4-3-5-12-24)15-13-20-9-8-16(15)21-18(19)17-7-6-10-23(17)2/h6-10,13,22H,1,3-5,11-12H2,2H3,(H2,19,20,21). The normalized spacial score (nSPS) is 16.1. The van der Waals surface area contributed by atoms with E-state index in [-0.39, 0.29) is 0 Å². The van der Waals surface area contributed by atoms with Gasteiger partial charge in [0.25, 0.3) is 0 Å². The van der Waals surface area contributed by atoms with Crippen LogP contribution in [0.2, 0.25) is 0 Å². The van der Waals surface area contributed by atoms with Crippen molar-refractivity contribution in [1.29, 1.82) is 0 Å². The first kappa shape index (κ1) is 16.3. The van der Waals surface area contributed by atoms with Gasteiger partial charge in [0.15, 0.2) is 0 Å². The Morgan fingerprint density at radius 2 is 2.08 bits per heavy atom. The quantitative estimate of drug-likeness (QED) is 0.654. The van der Waals surface area contributed by atoms with Crippen LogP contribution in [0.4, 0.5) is 5.69 Å². The van der Waals surface area contributed by atoms with Gasteiger partial charge in [0, 0.05) is 44.3 Å². The molecule has 3 N–H and O–H groups in total. The van der Waals surface area contributed by atoms with E-state index in [1.807, 2.05) is 36.0 Å². The maximum atomic E-state index is 6.17. The van der Waals surface area contributed by atoms with Gasteiger partial charge in [0.05, 0.1) is 17.1 Å². The first-order valence-electron chi connectivity index (χ1n) is 8.26. The summed E-state index contributed by atoms with van der Waals surface area (Å²) in [6.45, 7) is 6.22. The maximum absolute atomic E-state index is 6.17. The summed E-state index contributed by atoms with van der Waals surface area (Å²) in [7, 11) is 1.95. The summed E-state index contributed by atoms with van der Waals surface area (Å²) in [5, 5.41) is 2.20. The van der Waals surface area contributed by atoms with E-state index in [0.717, 1.165) is 35.7 Å². The van der Waals surface area contributed by atoms with Crippen LogP contribution in [-0.2, 0) is 7.05 Å². The minimum atomic E-state index is 0.473. The Kier molecular flexibility index (Phi) is 4.96. The molecule has 1 aliphatic heterocycles. The number of pyridine rings is 1. The lowest BCUT2D eigenvalue weighted by atomic mass is 10.1. The van der Waals surface area contributed by atoms with Crippen LogP contribution in [0.1, 0.15) is 30.5 Å². The van der Waals surface area contributed by atoms with Gasteiger partial charge in [0.1, 0.15) is 5.84 Å².